The lowest BCUT2D eigenvalue weighted by Crippen LogP contribution is -2.18. The van der Waals surface area contributed by atoms with E-state index in [2.05, 4.69) is 36.0 Å². The third-order valence-corrected chi connectivity index (χ3v) is 2.61. The van der Waals surface area contributed by atoms with Crippen molar-refractivity contribution >= 4 is 5.69 Å². The summed E-state index contributed by atoms with van der Waals surface area (Å²) in [7, 11) is 0. The van der Waals surface area contributed by atoms with Crippen LogP contribution in [0.4, 0.5) is 18.9 Å². The monoisotopic (exact) mass is 275 g/mol. The number of nitrogens with one attached hydrogen (secondary N) is 1. The lowest BCUT2D eigenvalue weighted by molar-refractivity contribution is -0.173. The molecule has 19 heavy (non-hydrogen) atoms. The first-order valence-electron chi connectivity index (χ1n) is 6.37. The van der Waals surface area contributed by atoms with Crippen LogP contribution in [0.5, 0.6) is 0 Å². The summed E-state index contributed by atoms with van der Waals surface area (Å²) in [4.78, 5) is 0. The maximum Gasteiger partial charge on any atom is 0.411 e. The third kappa shape index (κ3) is 7.06. The Balaban J connectivity index is 2.21. The van der Waals surface area contributed by atoms with Crippen molar-refractivity contribution in [3.8, 4) is 0 Å². The standard InChI is InChI=1S/C14H20F3NO/c1-11(2)12-5-3-6-13(9-12)18-7-4-8-19-10-14(15,16)17/h3,5-6,9,11,18H,4,7-8,10H2,1-2H3. The van der Waals surface area contributed by atoms with E-state index < -0.39 is 12.8 Å². The molecule has 1 rings (SSSR count). The van der Waals surface area contributed by atoms with Crippen LogP contribution in [0.2, 0.25) is 0 Å². The smallest absolute Gasteiger partial charge is 0.385 e. The Labute approximate surface area is 112 Å². The average molecular weight is 275 g/mol. The lowest BCUT2D eigenvalue weighted by atomic mass is 10.0. The van der Waals surface area contributed by atoms with Crippen molar-refractivity contribution < 1.29 is 17.9 Å². The number of rotatable bonds is 7. The summed E-state index contributed by atoms with van der Waals surface area (Å²) >= 11 is 0. The fourth-order valence-electron chi connectivity index (χ4n) is 1.60. The Morgan fingerprint density at radius 3 is 2.63 bits per heavy atom. The minimum atomic E-state index is -4.24. The van der Waals surface area contributed by atoms with E-state index in [0.29, 0.717) is 18.9 Å². The zero-order valence-electron chi connectivity index (χ0n) is 11.3. The van der Waals surface area contributed by atoms with Crippen LogP contribution in [0.15, 0.2) is 24.3 Å². The van der Waals surface area contributed by atoms with Crippen LogP contribution >= 0.6 is 0 Å². The molecule has 0 atom stereocenters. The molecule has 0 saturated carbocycles. The van der Waals surface area contributed by atoms with E-state index in [-0.39, 0.29) is 6.61 Å². The molecule has 0 spiro atoms. The van der Waals surface area contributed by atoms with Crippen molar-refractivity contribution in [2.24, 2.45) is 0 Å². The highest BCUT2D eigenvalue weighted by molar-refractivity contribution is 5.46. The molecule has 5 heteroatoms. The summed E-state index contributed by atoms with van der Waals surface area (Å²) in [6, 6.07) is 8.03. The van der Waals surface area contributed by atoms with Crippen molar-refractivity contribution in [3.63, 3.8) is 0 Å². The van der Waals surface area contributed by atoms with Crippen molar-refractivity contribution in [2.45, 2.75) is 32.4 Å². The van der Waals surface area contributed by atoms with Crippen LogP contribution in [0.1, 0.15) is 31.7 Å². The van der Waals surface area contributed by atoms with Gasteiger partial charge < -0.3 is 10.1 Å². The number of alkyl halides is 3. The molecule has 0 radical (unpaired) electrons. The van der Waals surface area contributed by atoms with Crippen LogP contribution in [0.3, 0.4) is 0 Å². The predicted molar refractivity (Wildman–Crippen MR) is 70.5 cm³/mol. The van der Waals surface area contributed by atoms with Crippen LogP contribution in [0.25, 0.3) is 0 Å². The van der Waals surface area contributed by atoms with Crippen LogP contribution in [-0.4, -0.2) is 25.9 Å². The van der Waals surface area contributed by atoms with Gasteiger partial charge in [-0.15, -0.1) is 0 Å². The number of anilines is 1. The SMILES string of the molecule is CC(C)c1cccc(NCCCOCC(F)(F)F)c1. The van der Waals surface area contributed by atoms with Gasteiger partial charge in [0.1, 0.15) is 6.61 Å². The maximum atomic E-state index is 11.8. The van der Waals surface area contributed by atoms with E-state index in [9.17, 15) is 13.2 Å². The first kappa shape index (κ1) is 15.8. The summed E-state index contributed by atoms with van der Waals surface area (Å²) < 4.78 is 40.0. The van der Waals surface area contributed by atoms with Crippen molar-refractivity contribution in [1.29, 1.82) is 0 Å². The van der Waals surface area contributed by atoms with Gasteiger partial charge in [0.25, 0.3) is 0 Å². The zero-order valence-corrected chi connectivity index (χ0v) is 11.3. The van der Waals surface area contributed by atoms with Gasteiger partial charge in [0.2, 0.25) is 0 Å². The van der Waals surface area contributed by atoms with Gasteiger partial charge in [-0.05, 0) is 30.0 Å². The first-order valence-corrected chi connectivity index (χ1v) is 6.37. The summed E-state index contributed by atoms with van der Waals surface area (Å²) in [5.74, 6) is 0.455. The van der Waals surface area contributed by atoms with Crippen LogP contribution in [0, 0.1) is 0 Å². The highest BCUT2D eigenvalue weighted by Gasteiger charge is 2.27. The van der Waals surface area contributed by atoms with E-state index in [4.69, 9.17) is 0 Å². The molecule has 1 aromatic carbocycles. The van der Waals surface area contributed by atoms with E-state index in [1.54, 1.807) is 0 Å². The molecule has 0 heterocycles. The molecule has 0 aliphatic heterocycles. The summed E-state index contributed by atoms with van der Waals surface area (Å²) in [6.45, 7) is 3.76. The Morgan fingerprint density at radius 2 is 2.00 bits per heavy atom. The maximum absolute atomic E-state index is 11.8. The number of ether oxygens (including phenoxy) is 1. The fraction of sp³-hybridized carbons (Fsp3) is 0.571. The molecule has 1 aromatic rings. The molecular formula is C14H20F3NO. The second-order valence-electron chi connectivity index (χ2n) is 4.73. The summed E-state index contributed by atoms with van der Waals surface area (Å²) in [6.07, 6.45) is -3.69. The van der Waals surface area contributed by atoms with E-state index in [1.807, 2.05) is 12.1 Å². The van der Waals surface area contributed by atoms with Crippen molar-refractivity contribution in [2.75, 3.05) is 25.1 Å². The molecule has 0 aliphatic rings. The van der Waals surface area contributed by atoms with Gasteiger partial charge in [-0.1, -0.05) is 26.0 Å². The quantitative estimate of drug-likeness (QED) is 0.753. The van der Waals surface area contributed by atoms with Gasteiger partial charge in [-0.2, -0.15) is 13.2 Å². The van der Waals surface area contributed by atoms with Crippen molar-refractivity contribution in [3.05, 3.63) is 29.8 Å². The molecule has 0 bridgehead atoms. The molecule has 0 aromatic heterocycles. The van der Waals surface area contributed by atoms with E-state index >= 15 is 0 Å². The largest absolute Gasteiger partial charge is 0.411 e. The number of halogens is 3. The van der Waals surface area contributed by atoms with Gasteiger partial charge in [0, 0.05) is 18.8 Å². The Hall–Kier alpha value is -1.23. The zero-order chi connectivity index (χ0) is 14.3. The van der Waals surface area contributed by atoms with E-state index in [1.165, 1.54) is 5.56 Å². The second kappa shape index (κ2) is 7.38. The molecule has 0 aliphatic carbocycles. The summed E-state index contributed by atoms with van der Waals surface area (Å²) in [5, 5.41) is 3.18. The molecule has 0 amide bonds. The number of hydrogen-bond acceptors (Lipinski definition) is 2. The van der Waals surface area contributed by atoms with Gasteiger partial charge in [0.15, 0.2) is 0 Å². The molecule has 0 unspecified atom stereocenters. The van der Waals surface area contributed by atoms with Crippen molar-refractivity contribution in [1.82, 2.24) is 0 Å². The highest BCUT2D eigenvalue weighted by atomic mass is 19.4. The average Bonchev–Trinajstić information content (AvgIpc) is 2.32. The van der Waals surface area contributed by atoms with E-state index in [0.717, 1.165) is 5.69 Å². The fourth-order valence-corrected chi connectivity index (χ4v) is 1.60. The molecule has 2 nitrogen and oxygen atoms in total. The Morgan fingerprint density at radius 1 is 1.26 bits per heavy atom. The Bertz CT molecular complexity index is 377. The minimum absolute atomic E-state index is 0.108. The number of hydrogen-bond donors (Lipinski definition) is 1. The van der Waals surface area contributed by atoms with Gasteiger partial charge in [-0.25, -0.2) is 0 Å². The van der Waals surface area contributed by atoms with Gasteiger partial charge in [-0.3, -0.25) is 0 Å². The topological polar surface area (TPSA) is 21.3 Å². The number of benzene rings is 1. The summed E-state index contributed by atoms with van der Waals surface area (Å²) in [5.41, 5.74) is 2.22. The Kier molecular flexibility index (Phi) is 6.15. The molecule has 1 N–H and O–H groups in total. The van der Waals surface area contributed by atoms with Gasteiger partial charge >= 0.3 is 6.18 Å². The highest BCUT2D eigenvalue weighted by Crippen LogP contribution is 2.18. The normalized spacial score (nSPS) is 11.9. The third-order valence-electron chi connectivity index (χ3n) is 2.61. The molecule has 108 valence electrons. The van der Waals surface area contributed by atoms with Crippen LogP contribution < -0.4 is 5.32 Å². The lowest BCUT2D eigenvalue weighted by Gasteiger charge is -2.11. The first-order chi connectivity index (χ1) is 8.88. The van der Waals surface area contributed by atoms with Gasteiger partial charge in [0.05, 0.1) is 0 Å². The van der Waals surface area contributed by atoms with Crippen LogP contribution in [-0.2, 0) is 4.74 Å². The molecule has 0 fully saturated rings. The molecule has 0 saturated heterocycles. The minimum Gasteiger partial charge on any atom is -0.385 e. The molecular weight excluding hydrogens is 255 g/mol. The predicted octanol–water partition coefficient (Wildman–Crippen LogP) is 4.19. The second-order valence-corrected chi connectivity index (χ2v) is 4.73.